The predicted molar refractivity (Wildman–Crippen MR) is 54.1 cm³/mol. The Hall–Kier alpha value is -1.27. The van der Waals surface area contributed by atoms with Gasteiger partial charge in [-0.15, -0.1) is 0 Å². The SMILES string of the molecule is CCC1(C)NC(=O)CCN(CC(F)(F)F)C1=O. The maximum Gasteiger partial charge on any atom is 0.406 e. The second kappa shape index (κ2) is 4.54. The van der Waals surface area contributed by atoms with E-state index in [9.17, 15) is 22.8 Å². The maximum atomic E-state index is 12.3. The first-order valence-corrected chi connectivity index (χ1v) is 5.35. The summed E-state index contributed by atoms with van der Waals surface area (Å²) < 4.78 is 36.9. The average Bonchev–Trinajstić information content (AvgIpc) is 2.29. The summed E-state index contributed by atoms with van der Waals surface area (Å²) in [4.78, 5) is 24.0. The van der Waals surface area contributed by atoms with Gasteiger partial charge < -0.3 is 10.2 Å². The van der Waals surface area contributed by atoms with Gasteiger partial charge in [0.05, 0.1) is 0 Å². The lowest BCUT2D eigenvalue weighted by Gasteiger charge is -2.31. The summed E-state index contributed by atoms with van der Waals surface area (Å²) in [5, 5.41) is 2.47. The van der Waals surface area contributed by atoms with Crippen LogP contribution in [-0.4, -0.2) is 41.5 Å². The first kappa shape index (κ1) is 13.8. The second-order valence-electron chi connectivity index (χ2n) is 4.33. The Morgan fingerprint density at radius 3 is 2.47 bits per heavy atom. The lowest BCUT2D eigenvalue weighted by Crippen LogP contribution is -2.55. The van der Waals surface area contributed by atoms with Crippen molar-refractivity contribution in [1.29, 1.82) is 0 Å². The van der Waals surface area contributed by atoms with E-state index in [0.29, 0.717) is 4.90 Å². The van der Waals surface area contributed by atoms with Crippen LogP contribution in [0.25, 0.3) is 0 Å². The molecule has 0 radical (unpaired) electrons. The van der Waals surface area contributed by atoms with Crippen LogP contribution < -0.4 is 5.32 Å². The molecule has 1 N–H and O–H groups in total. The summed E-state index contributed by atoms with van der Waals surface area (Å²) >= 11 is 0. The summed E-state index contributed by atoms with van der Waals surface area (Å²) in [5.41, 5.74) is -1.24. The Bertz CT molecular complexity index is 330. The highest BCUT2D eigenvalue weighted by Crippen LogP contribution is 2.22. The molecule has 1 rings (SSSR count). The minimum atomic E-state index is -4.45. The number of amides is 2. The van der Waals surface area contributed by atoms with E-state index in [2.05, 4.69) is 5.32 Å². The quantitative estimate of drug-likeness (QED) is 0.799. The van der Waals surface area contributed by atoms with Gasteiger partial charge in [0.2, 0.25) is 11.8 Å². The van der Waals surface area contributed by atoms with Crippen molar-refractivity contribution < 1.29 is 22.8 Å². The van der Waals surface area contributed by atoms with Gasteiger partial charge in [0.1, 0.15) is 12.1 Å². The van der Waals surface area contributed by atoms with E-state index in [1.807, 2.05) is 0 Å². The fourth-order valence-electron chi connectivity index (χ4n) is 1.72. The molecule has 0 aliphatic carbocycles. The Kier molecular flexibility index (Phi) is 3.68. The van der Waals surface area contributed by atoms with Crippen molar-refractivity contribution in [2.75, 3.05) is 13.1 Å². The summed E-state index contributed by atoms with van der Waals surface area (Å²) in [6, 6.07) is 0. The lowest BCUT2D eigenvalue weighted by atomic mass is 9.97. The minimum Gasteiger partial charge on any atom is -0.342 e. The molecule has 17 heavy (non-hydrogen) atoms. The topological polar surface area (TPSA) is 49.4 Å². The largest absolute Gasteiger partial charge is 0.406 e. The number of hydrogen-bond donors (Lipinski definition) is 1. The number of alkyl halides is 3. The summed E-state index contributed by atoms with van der Waals surface area (Å²) in [6.45, 7) is 1.59. The molecule has 1 aliphatic heterocycles. The molecule has 7 heteroatoms. The van der Waals surface area contributed by atoms with Crippen molar-refractivity contribution in [3.8, 4) is 0 Å². The van der Waals surface area contributed by atoms with Gasteiger partial charge in [-0.2, -0.15) is 13.2 Å². The third-order valence-electron chi connectivity index (χ3n) is 2.86. The summed E-state index contributed by atoms with van der Waals surface area (Å²) in [5.74, 6) is -1.07. The first-order valence-electron chi connectivity index (χ1n) is 5.35. The van der Waals surface area contributed by atoms with Crippen LogP contribution >= 0.6 is 0 Å². The van der Waals surface area contributed by atoms with E-state index in [-0.39, 0.29) is 19.4 Å². The van der Waals surface area contributed by atoms with Crippen molar-refractivity contribution in [3.63, 3.8) is 0 Å². The van der Waals surface area contributed by atoms with E-state index in [4.69, 9.17) is 0 Å². The minimum absolute atomic E-state index is 0.0998. The normalized spacial score (nSPS) is 26.8. The molecule has 0 bridgehead atoms. The molecule has 1 fully saturated rings. The highest BCUT2D eigenvalue weighted by atomic mass is 19.4. The van der Waals surface area contributed by atoms with Gasteiger partial charge in [0.25, 0.3) is 0 Å². The Labute approximate surface area is 97.1 Å². The zero-order chi connectivity index (χ0) is 13.3. The number of carbonyl (C=O) groups is 2. The molecular formula is C10H15F3N2O2. The van der Waals surface area contributed by atoms with Crippen LogP contribution in [0, 0.1) is 0 Å². The van der Waals surface area contributed by atoms with Crippen LogP contribution in [0.4, 0.5) is 13.2 Å². The van der Waals surface area contributed by atoms with Gasteiger partial charge in [-0.1, -0.05) is 6.92 Å². The maximum absolute atomic E-state index is 12.3. The van der Waals surface area contributed by atoms with Crippen molar-refractivity contribution in [2.24, 2.45) is 0 Å². The molecule has 1 atom stereocenters. The monoisotopic (exact) mass is 252 g/mol. The van der Waals surface area contributed by atoms with Crippen molar-refractivity contribution in [2.45, 2.75) is 38.4 Å². The van der Waals surface area contributed by atoms with Crippen LogP contribution in [-0.2, 0) is 9.59 Å². The number of nitrogens with one attached hydrogen (secondary N) is 1. The Morgan fingerprint density at radius 2 is 2.00 bits per heavy atom. The predicted octanol–water partition coefficient (Wildman–Crippen LogP) is 1.07. The molecule has 1 saturated heterocycles. The van der Waals surface area contributed by atoms with Gasteiger partial charge in [-0.3, -0.25) is 9.59 Å². The molecule has 2 amide bonds. The van der Waals surface area contributed by atoms with Crippen LogP contribution in [0.1, 0.15) is 26.7 Å². The molecule has 4 nitrogen and oxygen atoms in total. The molecular weight excluding hydrogens is 237 g/mol. The fraction of sp³-hybridized carbons (Fsp3) is 0.800. The molecule has 98 valence electrons. The zero-order valence-electron chi connectivity index (χ0n) is 9.73. The van der Waals surface area contributed by atoms with Gasteiger partial charge in [0.15, 0.2) is 0 Å². The highest BCUT2D eigenvalue weighted by Gasteiger charge is 2.42. The Balaban J connectivity index is 2.92. The molecule has 0 saturated carbocycles. The van der Waals surface area contributed by atoms with Crippen LogP contribution in [0.15, 0.2) is 0 Å². The Morgan fingerprint density at radius 1 is 1.41 bits per heavy atom. The molecule has 0 aromatic heterocycles. The van der Waals surface area contributed by atoms with Crippen molar-refractivity contribution in [1.82, 2.24) is 10.2 Å². The van der Waals surface area contributed by atoms with Crippen LogP contribution in [0.3, 0.4) is 0 Å². The van der Waals surface area contributed by atoms with E-state index in [1.54, 1.807) is 6.92 Å². The van der Waals surface area contributed by atoms with Gasteiger partial charge >= 0.3 is 6.18 Å². The number of nitrogens with zero attached hydrogens (tertiary/aromatic N) is 1. The van der Waals surface area contributed by atoms with E-state index >= 15 is 0 Å². The second-order valence-corrected chi connectivity index (χ2v) is 4.33. The van der Waals surface area contributed by atoms with Gasteiger partial charge in [-0.25, -0.2) is 0 Å². The molecule has 0 aromatic rings. The lowest BCUT2D eigenvalue weighted by molar-refractivity contribution is -0.164. The van der Waals surface area contributed by atoms with Gasteiger partial charge in [0, 0.05) is 13.0 Å². The third-order valence-corrected chi connectivity index (χ3v) is 2.86. The molecule has 1 heterocycles. The zero-order valence-corrected chi connectivity index (χ0v) is 9.73. The number of halogens is 3. The smallest absolute Gasteiger partial charge is 0.342 e. The summed E-state index contributed by atoms with van der Waals surface area (Å²) in [6.07, 6.45) is -4.29. The fourth-order valence-corrected chi connectivity index (χ4v) is 1.72. The molecule has 0 spiro atoms. The number of rotatable bonds is 2. The van der Waals surface area contributed by atoms with Crippen LogP contribution in [0.5, 0.6) is 0 Å². The van der Waals surface area contributed by atoms with Crippen molar-refractivity contribution >= 4 is 11.8 Å². The summed E-state index contributed by atoms with van der Waals surface area (Å²) in [7, 11) is 0. The number of hydrogen-bond acceptors (Lipinski definition) is 2. The average molecular weight is 252 g/mol. The standard InChI is InChI=1S/C10H15F3N2O2/c1-3-9(2)8(17)15(6-10(11,12)13)5-4-7(16)14-9/h3-6H2,1-2H3,(H,14,16). The van der Waals surface area contributed by atoms with Gasteiger partial charge in [-0.05, 0) is 13.3 Å². The molecule has 0 aromatic carbocycles. The highest BCUT2D eigenvalue weighted by molar-refractivity contribution is 5.93. The molecule has 1 aliphatic rings. The van der Waals surface area contributed by atoms with Crippen LogP contribution in [0.2, 0.25) is 0 Å². The van der Waals surface area contributed by atoms with Crippen molar-refractivity contribution in [3.05, 3.63) is 0 Å². The van der Waals surface area contributed by atoms with E-state index in [0.717, 1.165) is 0 Å². The number of carbonyl (C=O) groups excluding carboxylic acids is 2. The third kappa shape index (κ3) is 3.34. The molecule has 1 unspecified atom stereocenters. The van der Waals surface area contributed by atoms with E-state index < -0.39 is 30.1 Å². The van der Waals surface area contributed by atoms with E-state index in [1.165, 1.54) is 6.92 Å². The first-order chi connectivity index (χ1) is 7.68.